The number of hydrogen-bond donors (Lipinski definition) is 0. The van der Waals surface area contributed by atoms with E-state index in [4.69, 9.17) is 9.47 Å². The second kappa shape index (κ2) is 7.05. The molecule has 0 aliphatic carbocycles. The van der Waals surface area contributed by atoms with Gasteiger partial charge in [0, 0.05) is 11.6 Å². The SMILES string of the molecule is COc1ccc(OC)c(-c2cccc([C@@H](C)N3CCCC3)c2)c1. The highest BCUT2D eigenvalue weighted by Gasteiger charge is 2.20. The molecule has 0 bridgehead atoms. The van der Waals surface area contributed by atoms with Gasteiger partial charge in [-0.05, 0) is 68.2 Å². The molecule has 3 rings (SSSR count). The van der Waals surface area contributed by atoms with Crippen LogP contribution in [0.3, 0.4) is 0 Å². The van der Waals surface area contributed by atoms with Gasteiger partial charge in [-0.15, -0.1) is 0 Å². The molecule has 0 radical (unpaired) electrons. The smallest absolute Gasteiger partial charge is 0.126 e. The van der Waals surface area contributed by atoms with Crippen LogP contribution in [0.5, 0.6) is 11.5 Å². The molecule has 2 aromatic rings. The molecule has 1 heterocycles. The van der Waals surface area contributed by atoms with Crippen molar-refractivity contribution in [2.24, 2.45) is 0 Å². The van der Waals surface area contributed by atoms with Gasteiger partial charge in [0.05, 0.1) is 14.2 Å². The normalized spacial score (nSPS) is 16.3. The van der Waals surface area contributed by atoms with E-state index in [0.717, 1.165) is 17.1 Å². The fourth-order valence-corrected chi connectivity index (χ4v) is 3.35. The van der Waals surface area contributed by atoms with Gasteiger partial charge in [-0.1, -0.05) is 18.2 Å². The van der Waals surface area contributed by atoms with Crippen molar-refractivity contribution in [3.63, 3.8) is 0 Å². The van der Waals surface area contributed by atoms with Crippen LogP contribution in [-0.4, -0.2) is 32.2 Å². The Hall–Kier alpha value is -2.00. The second-order valence-electron chi connectivity index (χ2n) is 6.11. The Morgan fingerprint density at radius 1 is 0.957 bits per heavy atom. The summed E-state index contributed by atoms with van der Waals surface area (Å²) in [6.45, 7) is 4.70. The zero-order chi connectivity index (χ0) is 16.2. The van der Waals surface area contributed by atoms with E-state index >= 15 is 0 Å². The van der Waals surface area contributed by atoms with Gasteiger partial charge in [0.2, 0.25) is 0 Å². The fraction of sp³-hybridized carbons (Fsp3) is 0.400. The molecule has 3 heteroatoms. The Bertz CT molecular complexity index is 662. The van der Waals surface area contributed by atoms with E-state index in [1.165, 1.54) is 37.1 Å². The van der Waals surface area contributed by atoms with Crippen LogP contribution in [0.2, 0.25) is 0 Å². The van der Waals surface area contributed by atoms with Crippen molar-refractivity contribution in [3.05, 3.63) is 48.0 Å². The topological polar surface area (TPSA) is 21.7 Å². The lowest BCUT2D eigenvalue weighted by Gasteiger charge is -2.24. The number of methoxy groups -OCH3 is 2. The lowest BCUT2D eigenvalue weighted by atomic mass is 9.98. The summed E-state index contributed by atoms with van der Waals surface area (Å²) < 4.78 is 10.9. The molecule has 122 valence electrons. The summed E-state index contributed by atoms with van der Waals surface area (Å²) in [4.78, 5) is 2.56. The number of nitrogens with zero attached hydrogens (tertiary/aromatic N) is 1. The molecule has 0 spiro atoms. The van der Waals surface area contributed by atoms with Crippen LogP contribution in [0.25, 0.3) is 11.1 Å². The molecule has 3 nitrogen and oxygen atoms in total. The first-order valence-corrected chi connectivity index (χ1v) is 8.29. The second-order valence-corrected chi connectivity index (χ2v) is 6.11. The van der Waals surface area contributed by atoms with E-state index in [2.05, 4.69) is 36.1 Å². The Balaban J connectivity index is 1.96. The highest BCUT2D eigenvalue weighted by molar-refractivity contribution is 5.72. The van der Waals surface area contributed by atoms with Crippen LogP contribution >= 0.6 is 0 Å². The molecular weight excluding hydrogens is 286 g/mol. The summed E-state index contributed by atoms with van der Waals surface area (Å²) in [5.74, 6) is 1.72. The average molecular weight is 311 g/mol. The standard InChI is InChI=1S/C20H25NO2/c1-15(21-11-4-5-12-21)16-7-6-8-17(13-16)19-14-18(22-2)9-10-20(19)23-3/h6-10,13-15H,4-5,11-12H2,1-3H3/t15-/m1/s1. The monoisotopic (exact) mass is 311 g/mol. The summed E-state index contributed by atoms with van der Waals surface area (Å²) in [5, 5.41) is 0. The molecule has 0 amide bonds. The van der Waals surface area contributed by atoms with Crippen molar-refractivity contribution in [2.75, 3.05) is 27.3 Å². The molecule has 0 unspecified atom stereocenters. The molecule has 1 aliphatic heterocycles. The van der Waals surface area contributed by atoms with E-state index in [9.17, 15) is 0 Å². The molecule has 0 N–H and O–H groups in total. The van der Waals surface area contributed by atoms with Gasteiger partial charge in [0.1, 0.15) is 11.5 Å². The maximum Gasteiger partial charge on any atom is 0.126 e. The maximum absolute atomic E-state index is 5.53. The first-order chi connectivity index (χ1) is 11.2. The van der Waals surface area contributed by atoms with Gasteiger partial charge in [0.15, 0.2) is 0 Å². The summed E-state index contributed by atoms with van der Waals surface area (Å²) in [6, 6.07) is 15.2. The van der Waals surface area contributed by atoms with Crippen LogP contribution in [0, 0.1) is 0 Å². The van der Waals surface area contributed by atoms with Gasteiger partial charge in [-0.25, -0.2) is 0 Å². The van der Waals surface area contributed by atoms with Crippen LogP contribution in [-0.2, 0) is 0 Å². The van der Waals surface area contributed by atoms with Gasteiger partial charge in [-0.2, -0.15) is 0 Å². The zero-order valence-corrected chi connectivity index (χ0v) is 14.2. The molecule has 1 aliphatic rings. The number of hydrogen-bond acceptors (Lipinski definition) is 3. The fourth-order valence-electron chi connectivity index (χ4n) is 3.35. The van der Waals surface area contributed by atoms with Crippen molar-refractivity contribution >= 4 is 0 Å². The molecule has 23 heavy (non-hydrogen) atoms. The van der Waals surface area contributed by atoms with Crippen molar-refractivity contribution in [2.45, 2.75) is 25.8 Å². The summed E-state index contributed by atoms with van der Waals surface area (Å²) in [7, 11) is 3.40. The van der Waals surface area contributed by atoms with Gasteiger partial charge in [0.25, 0.3) is 0 Å². The van der Waals surface area contributed by atoms with Crippen LogP contribution < -0.4 is 9.47 Å². The third-order valence-corrected chi connectivity index (χ3v) is 4.78. The van der Waals surface area contributed by atoms with E-state index in [1.807, 2.05) is 18.2 Å². The largest absolute Gasteiger partial charge is 0.497 e. The molecule has 1 atom stereocenters. The Morgan fingerprint density at radius 2 is 1.74 bits per heavy atom. The van der Waals surface area contributed by atoms with Crippen LogP contribution in [0.4, 0.5) is 0 Å². The van der Waals surface area contributed by atoms with Gasteiger partial charge < -0.3 is 9.47 Å². The van der Waals surface area contributed by atoms with Crippen LogP contribution in [0.15, 0.2) is 42.5 Å². The molecule has 2 aromatic carbocycles. The zero-order valence-electron chi connectivity index (χ0n) is 14.2. The molecule has 1 fully saturated rings. The Labute approximate surface area is 138 Å². The minimum atomic E-state index is 0.453. The molecule has 0 saturated carbocycles. The van der Waals surface area contributed by atoms with Crippen molar-refractivity contribution in [1.82, 2.24) is 4.90 Å². The van der Waals surface area contributed by atoms with Crippen molar-refractivity contribution in [3.8, 4) is 22.6 Å². The number of rotatable bonds is 5. The van der Waals surface area contributed by atoms with Crippen LogP contribution in [0.1, 0.15) is 31.4 Å². The minimum Gasteiger partial charge on any atom is -0.497 e. The first kappa shape index (κ1) is 15.9. The van der Waals surface area contributed by atoms with Crippen molar-refractivity contribution in [1.29, 1.82) is 0 Å². The number of benzene rings is 2. The maximum atomic E-state index is 5.53. The molecule has 1 saturated heterocycles. The third-order valence-electron chi connectivity index (χ3n) is 4.78. The van der Waals surface area contributed by atoms with E-state index in [1.54, 1.807) is 14.2 Å². The Morgan fingerprint density at radius 3 is 2.43 bits per heavy atom. The predicted octanol–water partition coefficient (Wildman–Crippen LogP) is 4.53. The van der Waals surface area contributed by atoms with E-state index in [-0.39, 0.29) is 0 Å². The van der Waals surface area contributed by atoms with Crippen molar-refractivity contribution < 1.29 is 9.47 Å². The summed E-state index contributed by atoms with van der Waals surface area (Å²) in [6.07, 6.45) is 2.63. The lowest BCUT2D eigenvalue weighted by molar-refractivity contribution is 0.263. The molecular formula is C20H25NO2. The van der Waals surface area contributed by atoms with Gasteiger partial charge in [-0.3, -0.25) is 4.90 Å². The van der Waals surface area contributed by atoms with Gasteiger partial charge >= 0.3 is 0 Å². The quantitative estimate of drug-likeness (QED) is 0.810. The highest BCUT2D eigenvalue weighted by Crippen LogP contribution is 2.35. The molecule has 0 aromatic heterocycles. The Kier molecular flexibility index (Phi) is 4.87. The number of likely N-dealkylation sites (tertiary alicyclic amines) is 1. The third kappa shape index (κ3) is 3.35. The number of ether oxygens (including phenoxy) is 2. The minimum absolute atomic E-state index is 0.453. The first-order valence-electron chi connectivity index (χ1n) is 8.29. The highest BCUT2D eigenvalue weighted by atomic mass is 16.5. The predicted molar refractivity (Wildman–Crippen MR) is 94.2 cm³/mol. The lowest BCUT2D eigenvalue weighted by Crippen LogP contribution is -2.23. The van der Waals surface area contributed by atoms with E-state index < -0.39 is 0 Å². The van der Waals surface area contributed by atoms with E-state index in [0.29, 0.717) is 6.04 Å². The summed E-state index contributed by atoms with van der Waals surface area (Å²) in [5.41, 5.74) is 3.60. The summed E-state index contributed by atoms with van der Waals surface area (Å²) >= 11 is 0. The average Bonchev–Trinajstić information content (AvgIpc) is 3.15.